The number of nitrogens with zero attached hydrogens (tertiary/aromatic N) is 7. The predicted molar refractivity (Wildman–Crippen MR) is 91.7 cm³/mol. The van der Waals surface area contributed by atoms with E-state index in [1.807, 2.05) is 12.1 Å². The van der Waals surface area contributed by atoms with Gasteiger partial charge in [0, 0.05) is 30.5 Å². The van der Waals surface area contributed by atoms with Crippen molar-refractivity contribution in [1.29, 1.82) is 0 Å². The molecule has 0 radical (unpaired) electrons. The Morgan fingerprint density at radius 1 is 1.19 bits per heavy atom. The summed E-state index contributed by atoms with van der Waals surface area (Å²) in [5.41, 5.74) is 1.46. The lowest BCUT2D eigenvalue weighted by atomic mass is 10.3. The van der Waals surface area contributed by atoms with Gasteiger partial charge in [-0.15, -0.1) is 5.10 Å². The van der Waals surface area contributed by atoms with Crippen LogP contribution in [-0.2, 0) is 13.7 Å². The average Bonchev–Trinajstić information content (AvgIpc) is 3.36. The number of tetrazole rings is 1. The summed E-state index contributed by atoms with van der Waals surface area (Å²) in [6.45, 7) is 0.111. The molecule has 0 unspecified atom stereocenters. The fraction of sp³-hybridized carbons (Fsp3) is 0.133. The maximum Gasteiger partial charge on any atom is 0.368 e. The van der Waals surface area contributed by atoms with Crippen LogP contribution in [0.4, 0.5) is 0 Å². The van der Waals surface area contributed by atoms with Gasteiger partial charge in [0.1, 0.15) is 18.0 Å². The summed E-state index contributed by atoms with van der Waals surface area (Å²) in [5, 5.41) is 19.3. The number of aromatic amines is 1. The minimum Gasteiger partial charge on any atom is -0.470 e. The summed E-state index contributed by atoms with van der Waals surface area (Å²) in [4.78, 5) is 12.0. The van der Waals surface area contributed by atoms with Gasteiger partial charge in [0.15, 0.2) is 0 Å². The lowest BCUT2D eigenvalue weighted by molar-refractivity contribution is 0.286. The highest BCUT2D eigenvalue weighted by molar-refractivity contribution is 6.30. The van der Waals surface area contributed by atoms with E-state index in [1.54, 1.807) is 35.3 Å². The SMILES string of the molecule is Cn1nnn(-c2c[nH]nc2COc2ccn(-c3ccc(Cl)cc3)n2)c1=O. The van der Waals surface area contributed by atoms with Gasteiger partial charge in [-0.3, -0.25) is 5.10 Å². The smallest absolute Gasteiger partial charge is 0.368 e. The third kappa shape index (κ3) is 2.97. The van der Waals surface area contributed by atoms with Crippen LogP contribution in [0.2, 0.25) is 5.02 Å². The van der Waals surface area contributed by atoms with Crippen LogP contribution in [0.5, 0.6) is 5.88 Å². The highest BCUT2D eigenvalue weighted by Gasteiger charge is 2.14. The van der Waals surface area contributed by atoms with Gasteiger partial charge in [0.05, 0.1) is 5.69 Å². The molecule has 3 heterocycles. The van der Waals surface area contributed by atoms with E-state index in [0.29, 0.717) is 22.3 Å². The largest absolute Gasteiger partial charge is 0.470 e. The quantitative estimate of drug-likeness (QED) is 0.562. The van der Waals surface area contributed by atoms with Gasteiger partial charge < -0.3 is 4.74 Å². The zero-order valence-corrected chi connectivity index (χ0v) is 14.3. The monoisotopic (exact) mass is 372 g/mol. The number of halogens is 1. The highest BCUT2D eigenvalue weighted by Crippen LogP contribution is 2.17. The Morgan fingerprint density at radius 2 is 2.00 bits per heavy atom. The van der Waals surface area contributed by atoms with Gasteiger partial charge in [-0.1, -0.05) is 11.6 Å². The van der Waals surface area contributed by atoms with Crippen molar-refractivity contribution in [2.24, 2.45) is 7.05 Å². The Hall–Kier alpha value is -3.40. The number of hydrogen-bond donors (Lipinski definition) is 1. The second-order valence-corrected chi connectivity index (χ2v) is 5.81. The second-order valence-electron chi connectivity index (χ2n) is 5.38. The summed E-state index contributed by atoms with van der Waals surface area (Å²) >= 11 is 5.89. The van der Waals surface area contributed by atoms with Crippen LogP contribution in [0, 0.1) is 0 Å². The molecule has 132 valence electrons. The molecule has 0 aliphatic carbocycles. The topological polar surface area (TPSA) is 108 Å². The Morgan fingerprint density at radius 3 is 2.73 bits per heavy atom. The van der Waals surface area contributed by atoms with Gasteiger partial charge in [-0.25, -0.2) is 9.48 Å². The van der Waals surface area contributed by atoms with E-state index in [1.165, 1.54) is 7.05 Å². The lowest BCUT2D eigenvalue weighted by Gasteiger charge is -2.03. The van der Waals surface area contributed by atoms with Crippen molar-refractivity contribution in [2.45, 2.75) is 6.61 Å². The molecule has 1 N–H and O–H groups in total. The molecule has 0 fully saturated rings. The normalized spacial score (nSPS) is 11.0. The van der Waals surface area contributed by atoms with E-state index >= 15 is 0 Å². The van der Waals surface area contributed by atoms with E-state index in [-0.39, 0.29) is 12.3 Å². The molecule has 3 aromatic heterocycles. The van der Waals surface area contributed by atoms with Crippen LogP contribution in [0.3, 0.4) is 0 Å². The van der Waals surface area contributed by atoms with Gasteiger partial charge in [-0.2, -0.15) is 14.5 Å². The molecule has 0 saturated heterocycles. The second kappa shape index (κ2) is 6.48. The van der Waals surface area contributed by atoms with Crippen molar-refractivity contribution in [3.63, 3.8) is 0 Å². The Balaban J connectivity index is 1.51. The van der Waals surface area contributed by atoms with Crippen molar-refractivity contribution in [1.82, 2.24) is 39.8 Å². The molecule has 0 atom stereocenters. The van der Waals surface area contributed by atoms with E-state index in [2.05, 4.69) is 25.7 Å². The lowest BCUT2D eigenvalue weighted by Crippen LogP contribution is -2.22. The first kappa shape index (κ1) is 16.1. The van der Waals surface area contributed by atoms with Gasteiger partial charge >= 0.3 is 5.69 Å². The number of H-pyrrole nitrogens is 1. The fourth-order valence-corrected chi connectivity index (χ4v) is 2.46. The number of aromatic nitrogens is 8. The molecule has 0 bridgehead atoms. The van der Waals surface area contributed by atoms with Gasteiger partial charge in [-0.05, 0) is 34.7 Å². The summed E-state index contributed by atoms with van der Waals surface area (Å²) in [6.07, 6.45) is 3.33. The maximum absolute atomic E-state index is 12.0. The van der Waals surface area contributed by atoms with Crippen LogP contribution < -0.4 is 10.4 Å². The molecule has 0 aliphatic rings. The molecule has 1 aromatic carbocycles. The zero-order valence-electron chi connectivity index (χ0n) is 13.6. The summed E-state index contributed by atoms with van der Waals surface area (Å²) in [7, 11) is 1.52. The summed E-state index contributed by atoms with van der Waals surface area (Å²) < 4.78 is 9.62. The van der Waals surface area contributed by atoms with Crippen molar-refractivity contribution >= 4 is 11.6 Å². The Bertz CT molecular complexity index is 1090. The number of ether oxygens (including phenoxy) is 1. The van der Waals surface area contributed by atoms with Crippen molar-refractivity contribution in [3.8, 4) is 17.3 Å². The zero-order chi connectivity index (χ0) is 18.1. The molecule has 0 aliphatic heterocycles. The first-order chi connectivity index (χ1) is 12.6. The standard InChI is InChI=1S/C15H13ClN8O2/c1-22-15(25)24(21-20-22)13-8-17-18-12(13)9-26-14-6-7-23(19-14)11-4-2-10(16)3-5-11/h2-8H,9H2,1H3,(H,17,18). The molecule has 10 nitrogen and oxygen atoms in total. The number of benzene rings is 1. The third-order valence-electron chi connectivity index (χ3n) is 3.66. The summed E-state index contributed by atoms with van der Waals surface area (Å²) in [6, 6.07) is 9.01. The predicted octanol–water partition coefficient (Wildman–Crippen LogP) is 1.11. The molecule has 4 rings (SSSR count). The highest BCUT2D eigenvalue weighted by atomic mass is 35.5. The van der Waals surface area contributed by atoms with Crippen molar-refractivity contribution < 1.29 is 4.74 Å². The minimum absolute atomic E-state index is 0.111. The number of nitrogens with one attached hydrogen (secondary N) is 1. The molecule has 4 aromatic rings. The van der Waals surface area contributed by atoms with E-state index in [0.717, 1.165) is 15.1 Å². The van der Waals surface area contributed by atoms with E-state index < -0.39 is 0 Å². The number of rotatable bonds is 5. The van der Waals surface area contributed by atoms with Gasteiger partial charge in [0.2, 0.25) is 5.88 Å². The van der Waals surface area contributed by atoms with Crippen LogP contribution in [0.1, 0.15) is 5.69 Å². The van der Waals surface area contributed by atoms with Gasteiger partial charge in [0.25, 0.3) is 0 Å². The fourth-order valence-electron chi connectivity index (χ4n) is 2.33. The molecular formula is C15H13ClN8O2. The Labute approximate surface area is 151 Å². The van der Waals surface area contributed by atoms with Crippen molar-refractivity contribution in [3.05, 3.63) is 63.9 Å². The van der Waals surface area contributed by atoms with Crippen LogP contribution in [0.15, 0.2) is 47.5 Å². The number of aryl methyl sites for hydroxylation is 1. The first-order valence-electron chi connectivity index (χ1n) is 7.58. The van der Waals surface area contributed by atoms with E-state index in [9.17, 15) is 4.79 Å². The van der Waals surface area contributed by atoms with Crippen molar-refractivity contribution in [2.75, 3.05) is 0 Å². The molecule has 0 spiro atoms. The maximum atomic E-state index is 12.0. The van der Waals surface area contributed by atoms with Crippen LogP contribution in [-0.4, -0.2) is 39.8 Å². The summed E-state index contributed by atoms with van der Waals surface area (Å²) in [5.74, 6) is 0.417. The molecule has 11 heteroatoms. The molecular weight excluding hydrogens is 360 g/mol. The third-order valence-corrected chi connectivity index (χ3v) is 3.91. The molecule has 0 saturated carbocycles. The Kier molecular flexibility index (Phi) is 4.01. The average molecular weight is 373 g/mol. The van der Waals surface area contributed by atoms with Crippen LogP contribution in [0.25, 0.3) is 11.4 Å². The first-order valence-corrected chi connectivity index (χ1v) is 7.96. The molecule has 26 heavy (non-hydrogen) atoms. The molecule has 0 amide bonds. The minimum atomic E-state index is -0.375. The van der Waals surface area contributed by atoms with E-state index in [4.69, 9.17) is 16.3 Å². The number of hydrogen-bond acceptors (Lipinski definition) is 6. The van der Waals surface area contributed by atoms with Crippen LogP contribution >= 0.6 is 11.6 Å².